The lowest BCUT2D eigenvalue weighted by molar-refractivity contribution is 0.120. The van der Waals surface area contributed by atoms with Crippen molar-refractivity contribution >= 4 is 23.1 Å². The predicted molar refractivity (Wildman–Crippen MR) is 94.7 cm³/mol. The molecule has 10 heteroatoms. The van der Waals surface area contributed by atoms with Crippen LogP contribution >= 0.6 is 0 Å². The number of rotatable bonds is 4. The number of nitrogens with one attached hydrogen (secondary N) is 2. The SMILES string of the molecule is COC(C)c1c(NC(=O)Nc2cncc(C#N)c2)cnn2cc(C#N)nc12. The molecule has 0 aliphatic rings. The van der Waals surface area contributed by atoms with Crippen molar-refractivity contribution in [3.05, 3.63) is 47.7 Å². The summed E-state index contributed by atoms with van der Waals surface area (Å²) in [5.41, 5.74) is 2.27. The number of aromatic nitrogens is 4. The standard InChI is InChI=1S/C17H14N8O2/c1-10(27-2)15-14(8-21-25-9-13(5-19)22-16(15)25)24-17(26)23-12-3-11(4-18)6-20-7-12/h3,6-10H,1-2H3,(H2,23,24,26). The Bertz CT molecular complexity index is 1090. The van der Waals surface area contributed by atoms with Gasteiger partial charge in [-0.15, -0.1) is 0 Å². The summed E-state index contributed by atoms with van der Waals surface area (Å²) in [4.78, 5) is 20.5. The first kappa shape index (κ1) is 17.8. The minimum Gasteiger partial charge on any atom is -0.377 e. The highest BCUT2D eigenvalue weighted by Crippen LogP contribution is 2.28. The Morgan fingerprint density at radius 2 is 2.07 bits per heavy atom. The van der Waals surface area contributed by atoms with Crippen molar-refractivity contribution in [2.45, 2.75) is 13.0 Å². The number of pyridine rings is 1. The molecule has 10 nitrogen and oxygen atoms in total. The topological polar surface area (TPSA) is 141 Å². The number of fused-ring (bicyclic) bond motifs is 1. The Hall–Kier alpha value is -4.02. The molecule has 2 amide bonds. The summed E-state index contributed by atoms with van der Waals surface area (Å²) in [7, 11) is 1.53. The summed E-state index contributed by atoms with van der Waals surface area (Å²) in [6.45, 7) is 1.79. The zero-order valence-corrected chi connectivity index (χ0v) is 14.5. The van der Waals surface area contributed by atoms with E-state index in [2.05, 4.69) is 25.7 Å². The van der Waals surface area contributed by atoms with E-state index >= 15 is 0 Å². The van der Waals surface area contributed by atoms with E-state index in [-0.39, 0.29) is 5.69 Å². The van der Waals surface area contributed by atoms with Crippen molar-refractivity contribution < 1.29 is 9.53 Å². The largest absolute Gasteiger partial charge is 0.377 e. The number of urea groups is 1. The molecule has 0 bridgehead atoms. The quantitative estimate of drug-likeness (QED) is 0.724. The number of amides is 2. The van der Waals surface area contributed by atoms with Crippen molar-refractivity contribution in [1.29, 1.82) is 10.5 Å². The number of carbonyl (C=O) groups is 1. The Balaban J connectivity index is 1.92. The van der Waals surface area contributed by atoms with Crippen LogP contribution in [0.2, 0.25) is 0 Å². The molecule has 0 radical (unpaired) electrons. The van der Waals surface area contributed by atoms with Gasteiger partial charge in [-0.25, -0.2) is 14.3 Å². The number of ether oxygens (including phenoxy) is 1. The first-order valence-corrected chi connectivity index (χ1v) is 7.80. The molecule has 0 saturated heterocycles. The Morgan fingerprint density at radius 3 is 2.78 bits per heavy atom. The van der Waals surface area contributed by atoms with E-state index in [0.717, 1.165) is 0 Å². The van der Waals surface area contributed by atoms with Crippen LogP contribution in [0.25, 0.3) is 5.65 Å². The number of anilines is 2. The molecule has 1 unspecified atom stereocenters. The van der Waals surface area contributed by atoms with Crippen molar-refractivity contribution in [1.82, 2.24) is 19.6 Å². The van der Waals surface area contributed by atoms with Crippen LogP contribution in [0.5, 0.6) is 0 Å². The maximum Gasteiger partial charge on any atom is 0.323 e. The van der Waals surface area contributed by atoms with Crippen LogP contribution in [0.15, 0.2) is 30.9 Å². The molecule has 0 aliphatic carbocycles. The van der Waals surface area contributed by atoms with Gasteiger partial charge in [0.05, 0.1) is 47.2 Å². The van der Waals surface area contributed by atoms with Crippen LogP contribution in [0.4, 0.5) is 16.2 Å². The van der Waals surface area contributed by atoms with Crippen LogP contribution in [-0.2, 0) is 4.74 Å². The fourth-order valence-electron chi connectivity index (χ4n) is 2.48. The van der Waals surface area contributed by atoms with Gasteiger partial charge in [0.2, 0.25) is 0 Å². The lowest BCUT2D eigenvalue weighted by Crippen LogP contribution is -2.21. The second-order valence-corrected chi connectivity index (χ2v) is 5.51. The Kier molecular flexibility index (Phi) is 4.92. The van der Waals surface area contributed by atoms with Crippen LogP contribution in [0, 0.1) is 22.7 Å². The smallest absolute Gasteiger partial charge is 0.323 e. The Morgan fingerprint density at radius 1 is 1.26 bits per heavy atom. The third kappa shape index (κ3) is 3.66. The summed E-state index contributed by atoms with van der Waals surface area (Å²) in [6, 6.07) is 4.86. The van der Waals surface area contributed by atoms with E-state index in [1.54, 1.807) is 6.92 Å². The van der Waals surface area contributed by atoms with Gasteiger partial charge in [0, 0.05) is 13.3 Å². The second kappa shape index (κ2) is 7.47. The Labute approximate surface area is 154 Å². The first-order chi connectivity index (χ1) is 13.0. The van der Waals surface area contributed by atoms with Gasteiger partial charge in [0.1, 0.15) is 12.1 Å². The van der Waals surface area contributed by atoms with Gasteiger partial charge in [-0.2, -0.15) is 15.6 Å². The van der Waals surface area contributed by atoms with Crippen molar-refractivity contribution in [3.8, 4) is 12.1 Å². The van der Waals surface area contributed by atoms with Gasteiger partial charge in [0.15, 0.2) is 11.3 Å². The first-order valence-electron chi connectivity index (χ1n) is 7.80. The molecule has 3 aromatic rings. The van der Waals surface area contributed by atoms with Crippen molar-refractivity contribution in [2.24, 2.45) is 0 Å². The van der Waals surface area contributed by atoms with E-state index in [0.29, 0.717) is 28.1 Å². The van der Waals surface area contributed by atoms with E-state index in [1.807, 2.05) is 12.1 Å². The van der Waals surface area contributed by atoms with Gasteiger partial charge < -0.3 is 15.4 Å². The van der Waals surface area contributed by atoms with Crippen LogP contribution < -0.4 is 10.6 Å². The molecular weight excluding hydrogens is 348 g/mol. The predicted octanol–water partition coefficient (Wildman–Crippen LogP) is 2.22. The minimum atomic E-state index is -0.547. The van der Waals surface area contributed by atoms with Gasteiger partial charge in [0.25, 0.3) is 0 Å². The number of carbonyl (C=O) groups excluding carboxylic acids is 1. The summed E-state index contributed by atoms with van der Waals surface area (Å²) >= 11 is 0. The second-order valence-electron chi connectivity index (χ2n) is 5.51. The van der Waals surface area contributed by atoms with Gasteiger partial charge >= 0.3 is 6.03 Å². The molecule has 0 saturated carbocycles. The maximum atomic E-state index is 12.4. The molecular formula is C17H14N8O2. The fourth-order valence-corrected chi connectivity index (χ4v) is 2.48. The molecule has 0 aromatic carbocycles. The molecule has 3 aromatic heterocycles. The lowest BCUT2D eigenvalue weighted by Gasteiger charge is -2.16. The highest BCUT2D eigenvalue weighted by Gasteiger charge is 2.19. The number of nitrogens with zero attached hydrogens (tertiary/aromatic N) is 6. The number of methoxy groups -OCH3 is 1. The lowest BCUT2D eigenvalue weighted by atomic mass is 10.1. The summed E-state index contributed by atoms with van der Waals surface area (Å²) in [5.74, 6) is 0. The zero-order valence-electron chi connectivity index (χ0n) is 14.5. The molecule has 3 heterocycles. The van der Waals surface area contributed by atoms with E-state index < -0.39 is 12.1 Å². The molecule has 1 atom stereocenters. The molecule has 0 aliphatic heterocycles. The summed E-state index contributed by atoms with van der Waals surface area (Å²) < 4.78 is 6.83. The van der Waals surface area contributed by atoms with Gasteiger partial charge in [-0.05, 0) is 13.0 Å². The normalized spacial score (nSPS) is 11.4. The number of hydrogen-bond acceptors (Lipinski definition) is 7. The monoisotopic (exact) mass is 362 g/mol. The fraction of sp³-hybridized carbons (Fsp3) is 0.176. The van der Waals surface area contributed by atoms with Crippen LogP contribution in [0.1, 0.15) is 29.8 Å². The van der Waals surface area contributed by atoms with Crippen molar-refractivity contribution in [2.75, 3.05) is 17.7 Å². The molecule has 0 spiro atoms. The van der Waals surface area contributed by atoms with Crippen molar-refractivity contribution in [3.63, 3.8) is 0 Å². The van der Waals surface area contributed by atoms with Gasteiger partial charge in [-0.1, -0.05) is 0 Å². The summed E-state index contributed by atoms with van der Waals surface area (Å²) in [5, 5.41) is 27.4. The third-order valence-corrected chi connectivity index (χ3v) is 3.78. The minimum absolute atomic E-state index is 0.202. The van der Waals surface area contributed by atoms with Gasteiger partial charge in [-0.3, -0.25) is 4.98 Å². The zero-order chi connectivity index (χ0) is 19.4. The third-order valence-electron chi connectivity index (χ3n) is 3.78. The average molecular weight is 362 g/mol. The highest BCUT2D eigenvalue weighted by atomic mass is 16.5. The number of nitriles is 2. The number of hydrogen-bond donors (Lipinski definition) is 2. The maximum absolute atomic E-state index is 12.4. The van der Waals surface area contributed by atoms with E-state index in [1.165, 1.54) is 42.5 Å². The van der Waals surface area contributed by atoms with Crippen LogP contribution in [0.3, 0.4) is 0 Å². The molecule has 0 fully saturated rings. The highest BCUT2D eigenvalue weighted by molar-refractivity contribution is 6.00. The summed E-state index contributed by atoms with van der Waals surface area (Å²) in [6.07, 6.45) is 5.34. The molecule has 27 heavy (non-hydrogen) atoms. The van der Waals surface area contributed by atoms with Crippen LogP contribution in [-0.4, -0.2) is 32.7 Å². The van der Waals surface area contributed by atoms with E-state index in [9.17, 15) is 4.79 Å². The molecule has 3 rings (SSSR count). The average Bonchev–Trinajstić information content (AvgIpc) is 3.10. The number of imidazole rings is 1. The van der Waals surface area contributed by atoms with E-state index in [4.69, 9.17) is 15.3 Å². The molecule has 2 N–H and O–H groups in total. The molecule has 134 valence electrons.